The Kier molecular flexibility index (Phi) is 3.82. The van der Waals surface area contributed by atoms with Gasteiger partial charge in [-0.3, -0.25) is 0 Å². The molecule has 2 saturated carbocycles. The summed E-state index contributed by atoms with van der Waals surface area (Å²) in [7, 11) is 0. The second kappa shape index (κ2) is 5.88. The molecule has 1 N–H and O–H groups in total. The first-order valence-corrected chi connectivity index (χ1v) is 11.0. The van der Waals surface area contributed by atoms with E-state index in [4.69, 9.17) is 0 Å². The monoisotopic (exact) mass is 349 g/mol. The van der Waals surface area contributed by atoms with Crippen molar-refractivity contribution in [3.63, 3.8) is 0 Å². The van der Waals surface area contributed by atoms with Crippen LogP contribution in [-0.2, 0) is 0 Å². The van der Waals surface area contributed by atoms with Crippen LogP contribution in [-0.4, -0.2) is 6.54 Å². The molecule has 5 rings (SSSR count). The van der Waals surface area contributed by atoms with Gasteiger partial charge < -0.3 is 5.32 Å². The molecule has 4 unspecified atom stereocenters. The van der Waals surface area contributed by atoms with Gasteiger partial charge in [-0.25, -0.2) is 0 Å². The zero-order valence-electron chi connectivity index (χ0n) is 16.9. The van der Waals surface area contributed by atoms with E-state index in [1.165, 1.54) is 44.9 Å². The van der Waals surface area contributed by atoms with Gasteiger partial charge in [0.05, 0.1) is 0 Å². The smallest absolute Gasteiger partial charge is 0.0398 e. The first kappa shape index (κ1) is 16.9. The van der Waals surface area contributed by atoms with Gasteiger partial charge >= 0.3 is 0 Å². The highest BCUT2D eigenvalue weighted by Gasteiger charge is 2.56. The minimum absolute atomic E-state index is 0.406. The van der Waals surface area contributed by atoms with Gasteiger partial charge in [0.2, 0.25) is 0 Å². The lowest BCUT2D eigenvalue weighted by Gasteiger charge is -2.58. The van der Waals surface area contributed by atoms with E-state index in [1.54, 1.807) is 11.1 Å². The number of fused-ring (bicyclic) bond motifs is 5. The first-order valence-electron chi connectivity index (χ1n) is 11.0. The van der Waals surface area contributed by atoms with E-state index in [0.717, 1.165) is 30.2 Å². The maximum Gasteiger partial charge on any atom is 0.0398 e. The molecule has 2 fully saturated rings. The van der Waals surface area contributed by atoms with Gasteiger partial charge in [-0.1, -0.05) is 44.6 Å². The van der Waals surface area contributed by atoms with Crippen molar-refractivity contribution in [1.82, 2.24) is 5.32 Å². The number of nitrogens with one attached hydrogen (secondary N) is 1. The molecule has 5 aliphatic rings. The highest BCUT2D eigenvalue weighted by molar-refractivity contribution is 5.45. The Balaban J connectivity index is 1.46. The lowest BCUT2D eigenvalue weighted by Crippen LogP contribution is -2.49. The fourth-order valence-corrected chi connectivity index (χ4v) is 7.55. The molecule has 1 heterocycles. The number of allylic oxidation sites excluding steroid dienone is 5. The molecule has 1 heteroatoms. The molecular formula is C25H35N. The molecule has 0 amide bonds. The van der Waals surface area contributed by atoms with Crippen LogP contribution in [0.25, 0.3) is 0 Å². The molecule has 140 valence electrons. The van der Waals surface area contributed by atoms with Crippen LogP contribution in [0.1, 0.15) is 65.7 Å². The van der Waals surface area contributed by atoms with Crippen LogP contribution in [0.3, 0.4) is 0 Å². The Bertz CT molecular complexity index is 722. The first-order chi connectivity index (χ1) is 12.5. The lowest BCUT2D eigenvalue weighted by atomic mass is 9.47. The van der Waals surface area contributed by atoms with Crippen molar-refractivity contribution in [2.75, 3.05) is 6.54 Å². The number of dihydropyridines is 1. The zero-order chi connectivity index (χ0) is 17.9. The van der Waals surface area contributed by atoms with Gasteiger partial charge in [0.15, 0.2) is 0 Å². The second-order valence-corrected chi connectivity index (χ2v) is 10.3. The number of rotatable bonds is 1. The van der Waals surface area contributed by atoms with Crippen LogP contribution in [0, 0.1) is 34.5 Å². The minimum atomic E-state index is 0.406. The third-order valence-electron chi connectivity index (χ3n) is 9.08. The molecule has 0 saturated heterocycles. The third kappa shape index (κ3) is 2.28. The van der Waals surface area contributed by atoms with E-state index in [-0.39, 0.29) is 0 Å². The van der Waals surface area contributed by atoms with Crippen molar-refractivity contribution in [1.29, 1.82) is 0 Å². The molecule has 0 aromatic carbocycles. The Hall–Kier alpha value is -1.24. The Morgan fingerprint density at radius 2 is 1.85 bits per heavy atom. The number of hydrogen-bond donors (Lipinski definition) is 1. The quantitative estimate of drug-likeness (QED) is 0.559. The van der Waals surface area contributed by atoms with E-state index in [1.807, 2.05) is 5.57 Å². The van der Waals surface area contributed by atoms with E-state index in [2.05, 4.69) is 56.6 Å². The van der Waals surface area contributed by atoms with Crippen LogP contribution in [0.5, 0.6) is 0 Å². The molecule has 1 nitrogen and oxygen atoms in total. The van der Waals surface area contributed by atoms with Gasteiger partial charge in [-0.15, -0.1) is 0 Å². The predicted octanol–water partition coefficient (Wildman–Crippen LogP) is 6.16. The van der Waals surface area contributed by atoms with Gasteiger partial charge in [0.1, 0.15) is 0 Å². The average Bonchev–Trinajstić information content (AvgIpc) is 3.00. The van der Waals surface area contributed by atoms with Crippen molar-refractivity contribution in [3.05, 3.63) is 47.2 Å². The third-order valence-corrected chi connectivity index (χ3v) is 9.08. The zero-order valence-corrected chi connectivity index (χ0v) is 16.9. The number of hydrogen-bond acceptors (Lipinski definition) is 1. The summed E-state index contributed by atoms with van der Waals surface area (Å²) in [6.07, 6.45) is 21.7. The Morgan fingerprint density at radius 3 is 2.65 bits per heavy atom. The molecular weight excluding hydrogens is 314 g/mol. The predicted molar refractivity (Wildman–Crippen MR) is 110 cm³/mol. The maximum absolute atomic E-state index is 3.43. The molecule has 26 heavy (non-hydrogen) atoms. The largest absolute Gasteiger partial charge is 0.387 e. The Morgan fingerprint density at radius 1 is 1.00 bits per heavy atom. The topological polar surface area (TPSA) is 12.0 Å². The van der Waals surface area contributed by atoms with Crippen LogP contribution >= 0.6 is 0 Å². The summed E-state index contributed by atoms with van der Waals surface area (Å²) in [6, 6.07) is 0. The van der Waals surface area contributed by atoms with Crippen molar-refractivity contribution < 1.29 is 0 Å². The van der Waals surface area contributed by atoms with Gasteiger partial charge in [0.25, 0.3) is 0 Å². The minimum Gasteiger partial charge on any atom is -0.387 e. The van der Waals surface area contributed by atoms with Crippen molar-refractivity contribution in [3.8, 4) is 0 Å². The molecule has 1 aliphatic heterocycles. The molecule has 0 aromatic heterocycles. The summed E-state index contributed by atoms with van der Waals surface area (Å²) in [5.41, 5.74) is 5.96. The van der Waals surface area contributed by atoms with Crippen LogP contribution in [0.4, 0.5) is 0 Å². The lowest BCUT2D eigenvalue weighted by molar-refractivity contribution is -0.0197. The van der Waals surface area contributed by atoms with Crippen molar-refractivity contribution in [2.24, 2.45) is 34.5 Å². The van der Waals surface area contributed by atoms with E-state index in [9.17, 15) is 0 Å². The fourth-order valence-electron chi connectivity index (χ4n) is 7.55. The van der Waals surface area contributed by atoms with Gasteiger partial charge in [0, 0.05) is 6.54 Å². The highest BCUT2D eigenvalue weighted by atomic mass is 14.8. The Labute approximate surface area is 159 Å². The average molecular weight is 350 g/mol. The summed E-state index contributed by atoms with van der Waals surface area (Å²) in [5.74, 6) is 3.59. The summed E-state index contributed by atoms with van der Waals surface area (Å²) >= 11 is 0. The molecule has 0 bridgehead atoms. The van der Waals surface area contributed by atoms with Crippen molar-refractivity contribution >= 4 is 0 Å². The van der Waals surface area contributed by atoms with E-state index in [0.29, 0.717) is 10.8 Å². The highest BCUT2D eigenvalue weighted by Crippen LogP contribution is 2.65. The molecule has 0 radical (unpaired) electrons. The van der Waals surface area contributed by atoms with Gasteiger partial charge in [-0.2, -0.15) is 0 Å². The summed E-state index contributed by atoms with van der Waals surface area (Å²) in [6.45, 7) is 8.69. The summed E-state index contributed by atoms with van der Waals surface area (Å²) < 4.78 is 0. The fraction of sp³-hybridized carbons (Fsp3) is 0.680. The maximum atomic E-state index is 3.43. The van der Waals surface area contributed by atoms with Crippen LogP contribution < -0.4 is 5.32 Å². The van der Waals surface area contributed by atoms with Crippen LogP contribution in [0.2, 0.25) is 0 Å². The molecule has 6 atom stereocenters. The molecule has 0 aromatic rings. The second-order valence-electron chi connectivity index (χ2n) is 10.3. The standard InChI is InChI=1S/C25H35N/c1-17-10-12-24(2)19(15-17)6-7-20-22-9-8-21(18-5-4-14-26-16-18)25(22,3)13-11-23(20)24/h4-6,8,14,17,20,22-23,26H,7,9-13,15-16H2,1-3H3/t17-,20?,22?,23?,24-,25?/m0/s1. The van der Waals surface area contributed by atoms with E-state index >= 15 is 0 Å². The molecule has 0 spiro atoms. The SMILES string of the molecule is C[C@H]1CC[C@@]2(C)C(=CCC3C4CC=C(C5=CC=CNC5)C4(C)CCC32)C1. The van der Waals surface area contributed by atoms with Crippen LogP contribution in [0.15, 0.2) is 47.2 Å². The normalized spacial score (nSPS) is 47.0. The van der Waals surface area contributed by atoms with Gasteiger partial charge in [-0.05, 0) is 103 Å². The summed E-state index contributed by atoms with van der Waals surface area (Å²) in [5, 5.41) is 3.43. The van der Waals surface area contributed by atoms with E-state index < -0.39 is 0 Å². The summed E-state index contributed by atoms with van der Waals surface area (Å²) in [4.78, 5) is 0. The molecule has 4 aliphatic carbocycles. The van der Waals surface area contributed by atoms with Crippen molar-refractivity contribution in [2.45, 2.75) is 65.7 Å².